The molecule has 0 radical (unpaired) electrons. The second kappa shape index (κ2) is 6.80. The third kappa shape index (κ3) is 4.36. The summed E-state index contributed by atoms with van der Waals surface area (Å²) < 4.78 is 0. The molecule has 0 aromatic heterocycles. The molecular formula is C11H15N3O2S. The standard InChI is InChI=1S/C11H15N3O2S/c1-17-7-10(15)13-6-8-3-2-4-9(5-8)11(12)14-16/h2-5,16H,6-7H2,1H3,(H2,12,14)(H,13,15). The van der Waals surface area contributed by atoms with Gasteiger partial charge in [-0.1, -0.05) is 23.4 Å². The first-order valence-corrected chi connectivity index (χ1v) is 6.39. The number of amides is 1. The van der Waals surface area contributed by atoms with Gasteiger partial charge in [0.2, 0.25) is 5.91 Å². The Morgan fingerprint density at radius 3 is 3.00 bits per heavy atom. The van der Waals surface area contributed by atoms with E-state index in [0.29, 0.717) is 17.9 Å². The van der Waals surface area contributed by atoms with Gasteiger partial charge in [-0.05, 0) is 17.9 Å². The normalized spacial score (nSPS) is 11.2. The quantitative estimate of drug-likeness (QED) is 0.313. The van der Waals surface area contributed by atoms with Crippen molar-refractivity contribution in [3.05, 3.63) is 35.4 Å². The van der Waals surface area contributed by atoms with E-state index in [1.165, 1.54) is 11.8 Å². The monoisotopic (exact) mass is 253 g/mol. The molecule has 0 bridgehead atoms. The first kappa shape index (κ1) is 13.4. The van der Waals surface area contributed by atoms with Gasteiger partial charge in [-0.3, -0.25) is 4.79 Å². The highest BCUT2D eigenvalue weighted by atomic mass is 32.2. The van der Waals surface area contributed by atoms with E-state index in [2.05, 4.69) is 10.5 Å². The lowest BCUT2D eigenvalue weighted by Gasteiger charge is -2.06. The maximum Gasteiger partial charge on any atom is 0.230 e. The molecule has 0 saturated carbocycles. The highest BCUT2D eigenvalue weighted by Crippen LogP contribution is 2.05. The van der Waals surface area contributed by atoms with Crippen molar-refractivity contribution >= 4 is 23.5 Å². The summed E-state index contributed by atoms with van der Waals surface area (Å²) in [4.78, 5) is 11.3. The van der Waals surface area contributed by atoms with E-state index < -0.39 is 0 Å². The van der Waals surface area contributed by atoms with Gasteiger partial charge in [-0.2, -0.15) is 11.8 Å². The number of benzene rings is 1. The van der Waals surface area contributed by atoms with Crippen molar-refractivity contribution in [1.82, 2.24) is 5.32 Å². The summed E-state index contributed by atoms with van der Waals surface area (Å²) in [5, 5.41) is 14.3. The SMILES string of the molecule is CSCC(=O)NCc1cccc(C(N)=NO)c1. The van der Waals surface area contributed by atoms with Gasteiger partial charge < -0.3 is 16.3 Å². The maximum atomic E-state index is 11.3. The zero-order chi connectivity index (χ0) is 12.7. The summed E-state index contributed by atoms with van der Waals surface area (Å²) in [6.07, 6.45) is 1.87. The van der Waals surface area contributed by atoms with Crippen LogP contribution < -0.4 is 11.1 Å². The summed E-state index contributed by atoms with van der Waals surface area (Å²) in [5.74, 6) is 0.494. The maximum absolute atomic E-state index is 11.3. The highest BCUT2D eigenvalue weighted by Gasteiger charge is 2.02. The summed E-state index contributed by atoms with van der Waals surface area (Å²) in [5.41, 5.74) is 7.01. The van der Waals surface area contributed by atoms with Crippen LogP contribution >= 0.6 is 11.8 Å². The average Bonchev–Trinajstić information content (AvgIpc) is 2.36. The molecule has 1 amide bonds. The predicted molar refractivity (Wildman–Crippen MR) is 69.2 cm³/mol. The van der Waals surface area contributed by atoms with Crippen molar-refractivity contribution in [2.24, 2.45) is 10.9 Å². The fraction of sp³-hybridized carbons (Fsp3) is 0.273. The van der Waals surface area contributed by atoms with Crippen molar-refractivity contribution in [1.29, 1.82) is 0 Å². The summed E-state index contributed by atoms with van der Waals surface area (Å²) in [6, 6.07) is 7.17. The lowest BCUT2D eigenvalue weighted by atomic mass is 10.1. The van der Waals surface area contributed by atoms with Crippen LogP contribution in [0.25, 0.3) is 0 Å². The van der Waals surface area contributed by atoms with E-state index in [0.717, 1.165) is 5.56 Å². The number of amidine groups is 1. The lowest BCUT2D eigenvalue weighted by Crippen LogP contribution is -2.24. The molecule has 1 aromatic rings. The number of nitrogens with zero attached hydrogens (tertiary/aromatic N) is 1. The van der Waals surface area contributed by atoms with E-state index in [1.54, 1.807) is 18.2 Å². The van der Waals surface area contributed by atoms with Gasteiger partial charge in [0, 0.05) is 12.1 Å². The Labute approximate surface area is 104 Å². The molecule has 0 aliphatic carbocycles. The number of oxime groups is 1. The molecule has 5 nitrogen and oxygen atoms in total. The molecular weight excluding hydrogens is 238 g/mol. The van der Waals surface area contributed by atoms with Crippen molar-refractivity contribution < 1.29 is 10.0 Å². The van der Waals surface area contributed by atoms with Crippen molar-refractivity contribution in [3.63, 3.8) is 0 Å². The number of nitrogens with two attached hydrogens (primary N) is 1. The van der Waals surface area contributed by atoms with Gasteiger partial charge >= 0.3 is 0 Å². The molecule has 0 spiro atoms. The molecule has 0 atom stereocenters. The largest absolute Gasteiger partial charge is 0.409 e. The summed E-state index contributed by atoms with van der Waals surface area (Å²) >= 11 is 1.47. The number of thioether (sulfide) groups is 1. The van der Waals surface area contributed by atoms with Crippen LogP contribution in [0.3, 0.4) is 0 Å². The number of rotatable bonds is 5. The summed E-state index contributed by atoms with van der Waals surface area (Å²) in [7, 11) is 0. The topological polar surface area (TPSA) is 87.7 Å². The predicted octanol–water partition coefficient (Wildman–Crippen LogP) is 0.760. The molecule has 0 fully saturated rings. The Balaban J connectivity index is 2.63. The number of hydrogen-bond acceptors (Lipinski definition) is 4. The lowest BCUT2D eigenvalue weighted by molar-refractivity contribution is -0.118. The fourth-order valence-electron chi connectivity index (χ4n) is 1.28. The van der Waals surface area contributed by atoms with Crippen LogP contribution in [0.1, 0.15) is 11.1 Å². The van der Waals surface area contributed by atoms with Crippen LogP contribution in [0.5, 0.6) is 0 Å². The van der Waals surface area contributed by atoms with Crippen LogP contribution in [0.4, 0.5) is 0 Å². The zero-order valence-electron chi connectivity index (χ0n) is 9.51. The van der Waals surface area contributed by atoms with Gasteiger partial charge in [0.1, 0.15) is 0 Å². The number of hydrogen-bond donors (Lipinski definition) is 3. The molecule has 4 N–H and O–H groups in total. The highest BCUT2D eigenvalue weighted by molar-refractivity contribution is 7.99. The van der Waals surface area contributed by atoms with Crippen LogP contribution in [0.15, 0.2) is 29.4 Å². The third-order valence-corrected chi connectivity index (χ3v) is 2.65. The molecule has 0 aliphatic rings. The summed E-state index contributed by atoms with van der Waals surface area (Å²) in [6.45, 7) is 0.436. The Kier molecular flexibility index (Phi) is 5.35. The second-order valence-corrected chi connectivity index (χ2v) is 4.26. The average molecular weight is 253 g/mol. The Bertz CT molecular complexity index is 421. The first-order valence-electron chi connectivity index (χ1n) is 5.00. The number of carbonyl (C=O) groups excluding carboxylic acids is 1. The molecule has 92 valence electrons. The Morgan fingerprint density at radius 2 is 2.35 bits per heavy atom. The van der Waals surface area contributed by atoms with Crippen LogP contribution in [-0.2, 0) is 11.3 Å². The van der Waals surface area contributed by atoms with Crippen LogP contribution in [0, 0.1) is 0 Å². The van der Waals surface area contributed by atoms with E-state index in [9.17, 15) is 4.79 Å². The van der Waals surface area contributed by atoms with Gasteiger partial charge in [0.25, 0.3) is 0 Å². The fourth-order valence-corrected chi connectivity index (χ4v) is 1.65. The van der Waals surface area contributed by atoms with Gasteiger partial charge in [-0.25, -0.2) is 0 Å². The van der Waals surface area contributed by atoms with Gasteiger partial charge in [-0.15, -0.1) is 0 Å². The minimum atomic E-state index is -0.00768. The molecule has 17 heavy (non-hydrogen) atoms. The van der Waals surface area contributed by atoms with Crippen molar-refractivity contribution in [2.45, 2.75) is 6.54 Å². The second-order valence-electron chi connectivity index (χ2n) is 3.40. The van der Waals surface area contributed by atoms with E-state index in [4.69, 9.17) is 10.9 Å². The van der Waals surface area contributed by atoms with Gasteiger partial charge in [0.15, 0.2) is 5.84 Å². The number of carbonyl (C=O) groups is 1. The van der Waals surface area contributed by atoms with Gasteiger partial charge in [0.05, 0.1) is 5.75 Å². The smallest absolute Gasteiger partial charge is 0.230 e. The molecule has 6 heteroatoms. The van der Waals surface area contributed by atoms with Crippen molar-refractivity contribution in [3.8, 4) is 0 Å². The molecule has 1 aromatic carbocycles. The van der Waals surface area contributed by atoms with Crippen molar-refractivity contribution in [2.75, 3.05) is 12.0 Å². The zero-order valence-corrected chi connectivity index (χ0v) is 10.3. The minimum Gasteiger partial charge on any atom is -0.409 e. The third-order valence-electron chi connectivity index (χ3n) is 2.10. The first-order chi connectivity index (χ1) is 8.17. The van der Waals surface area contributed by atoms with E-state index in [1.807, 2.05) is 12.3 Å². The Hall–Kier alpha value is -1.69. The molecule has 1 rings (SSSR count). The Morgan fingerprint density at radius 1 is 1.59 bits per heavy atom. The van der Waals surface area contributed by atoms with Crippen LogP contribution in [0.2, 0.25) is 0 Å². The van der Waals surface area contributed by atoms with E-state index in [-0.39, 0.29) is 11.7 Å². The molecule has 0 unspecified atom stereocenters. The molecule has 0 saturated heterocycles. The minimum absolute atomic E-state index is 0.00768. The molecule has 0 heterocycles. The van der Waals surface area contributed by atoms with E-state index >= 15 is 0 Å². The van der Waals surface area contributed by atoms with Crippen LogP contribution in [-0.4, -0.2) is 29.0 Å². The molecule has 0 aliphatic heterocycles. The number of nitrogens with one attached hydrogen (secondary N) is 1.